The first-order valence-electron chi connectivity index (χ1n) is 6.33. The van der Waals surface area contributed by atoms with E-state index in [0.29, 0.717) is 23.3 Å². The summed E-state index contributed by atoms with van der Waals surface area (Å²) in [5, 5.41) is 4.55. The fourth-order valence-electron chi connectivity index (χ4n) is 1.81. The molecule has 2 aromatic rings. The van der Waals surface area contributed by atoms with Crippen molar-refractivity contribution in [1.82, 2.24) is 4.98 Å². The SMILES string of the molecule is COc1ccc(NC(N)=NCc2sc(C)nc2C)cc1Cl.I. The zero-order valence-corrected chi connectivity index (χ0v) is 16.4. The molecule has 22 heavy (non-hydrogen) atoms. The summed E-state index contributed by atoms with van der Waals surface area (Å²) in [5.74, 6) is 0.954. The summed E-state index contributed by atoms with van der Waals surface area (Å²) in [7, 11) is 1.57. The highest BCUT2D eigenvalue weighted by atomic mass is 127. The van der Waals surface area contributed by atoms with Gasteiger partial charge in [-0.25, -0.2) is 9.98 Å². The number of nitrogens with one attached hydrogen (secondary N) is 1. The van der Waals surface area contributed by atoms with Crippen LogP contribution in [-0.2, 0) is 6.54 Å². The molecule has 3 N–H and O–H groups in total. The molecule has 0 bridgehead atoms. The Morgan fingerprint density at radius 3 is 2.73 bits per heavy atom. The maximum Gasteiger partial charge on any atom is 0.193 e. The minimum atomic E-state index is 0. The third-order valence-corrected chi connectivity index (χ3v) is 4.17. The van der Waals surface area contributed by atoms with Gasteiger partial charge in [-0.3, -0.25) is 0 Å². The fraction of sp³-hybridized carbons (Fsp3) is 0.286. The number of nitrogens with two attached hydrogens (primary N) is 1. The van der Waals surface area contributed by atoms with Crippen LogP contribution in [-0.4, -0.2) is 18.1 Å². The van der Waals surface area contributed by atoms with Gasteiger partial charge in [0.2, 0.25) is 0 Å². The molecular weight excluding hydrogens is 435 g/mol. The number of hydrogen-bond acceptors (Lipinski definition) is 4. The molecule has 0 unspecified atom stereocenters. The summed E-state index contributed by atoms with van der Waals surface area (Å²) in [6, 6.07) is 5.34. The van der Waals surface area contributed by atoms with E-state index in [1.54, 1.807) is 30.6 Å². The normalized spacial score (nSPS) is 11.0. The van der Waals surface area contributed by atoms with Crippen molar-refractivity contribution in [2.45, 2.75) is 20.4 Å². The minimum absolute atomic E-state index is 0. The zero-order chi connectivity index (χ0) is 15.4. The molecule has 0 aliphatic heterocycles. The molecule has 0 atom stereocenters. The van der Waals surface area contributed by atoms with Crippen LogP contribution in [0.1, 0.15) is 15.6 Å². The van der Waals surface area contributed by atoms with Gasteiger partial charge in [0.25, 0.3) is 0 Å². The molecule has 8 heteroatoms. The molecule has 1 aromatic carbocycles. The number of anilines is 1. The van der Waals surface area contributed by atoms with E-state index in [1.165, 1.54) is 0 Å². The van der Waals surface area contributed by atoms with E-state index in [4.69, 9.17) is 22.1 Å². The Morgan fingerprint density at radius 2 is 2.18 bits per heavy atom. The van der Waals surface area contributed by atoms with Gasteiger partial charge in [0.1, 0.15) is 5.75 Å². The lowest BCUT2D eigenvalue weighted by Gasteiger charge is -2.08. The number of methoxy groups -OCH3 is 1. The maximum absolute atomic E-state index is 6.06. The van der Waals surface area contributed by atoms with E-state index in [9.17, 15) is 0 Å². The summed E-state index contributed by atoms with van der Waals surface area (Å²) < 4.78 is 5.10. The lowest BCUT2D eigenvalue weighted by atomic mass is 10.3. The number of thiazole rings is 1. The molecule has 2 rings (SSSR count). The highest BCUT2D eigenvalue weighted by Gasteiger charge is 2.05. The molecule has 0 amide bonds. The van der Waals surface area contributed by atoms with Crippen molar-refractivity contribution in [3.8, 4) is 5.75 Å². The van der Waals surface area contributed by atoms with Gasteiger partial charge in [-0.05, 0) is 32.0 Å². The minimum Gasteiger partial charge on any atom is -0.495 e. The average molecular weight is 453 g/mol. The third kappa shape index (κ3) is 4.99. The summed E-state index contributed by atoms with van der Waals surface area (Å²) in [6.07, 6.45) is 0. The van der Waals surface area contributed by atoms with E-state index in [2.05, 4.69) is 15.3 Å². The predicted molar refractivity (Wildman–Crippen MR) is 104 cm³/mol. The van der Waals surface area contributed by atoms with Crippen LogP contribution in [0.25, 0.3) is 0 Å². The second kappa shape index (κ2) is 8.54. The van der Waals surface area contributed by atoms with E-state index >= 15 is 0 Å². The van der Waals surface area contributed by atoms with Gasteiger partial charge in [-0.2, -0.15) is 0 Å². The van der Waals surface area contributed by atoms with Gasteiger partial charge in [-0.15, -0.1) is 35.3 Å². The van der Waals surface area contributed by atoms with Crippen LogP contribution in [0.3, 0.4) is 0 Å². The standard InChI is InChI=1S/C14H17ClN4OS.HI/c1-8-13(21-9(2)18-8)7-17-14(16)19-10-4-5-12(20-3)11(15)6-10;/h4-6H,7H2,1-3H3,(H3,16,17,19);1H. The molecule has 0 radical (unpaired) electrons. The second-order valence-corrected chi connectivity index (χ2v) is 6.11. The quantitative estimate of drug-likeness (QED) is 0.418. The van der Waals surface area contributed by atoms with Crippen LogP contribution in [0.4, 0.5) is 5.69 Å². The van der Waals surface area contributed by atoms with Gasteiger partial charge in [0, 0.05) is 10.6 Å². The number of halogens is 2. The Bertz CT molecular complexity index is 675. The van der Waals surface area contributed by atoms with Crippen molar-refractivity contribution in [2.24, 2.45) is 10.7 Å². The molecule has 0 saturated heterocycles. The molecule has 5 nitrogen and oxygen atoms in total. The Labute approximate surface area is 156 Å². The van der Waals surface area contributed by atoms with Crippen molar-refractivity contribution in [2.75, 3.05) is 12.4 Å². The molecule has 1 heterocycles. The maximum atomic E-state index is 6.06. The van der Waals surface area contributed by atoms with Gasteiger partial charge in [0.15, 0.2) is 5.96 Å². The second-order valence-electron chi connectivity index (χ2n) is 4.42. The topological polar surface area (TPSA) is 72.5 Å². The summed E-state index contributed by atoms with van der Waals surface area (Å²) in [4.78, 5) is 9.79. The van der Waals surface area contributed by atoms with Gasteiger partial charge in [-0.1, -0.05) is 11.6 Å². The van der Waals surface area contributed by atoms with E-state index in [-0.39, 0.29) is 24.0 Å². The lowest BCUT2D eigenvalue weighted by Crippen LogP contribution is -2.22. The first-order valence-corrected chi connectivity index (χ1v) is 7.52. The summed E-state index contributed by atoms with van der Waals surface area (Å²) in [6.45, 7) is 4.47. The first kappa shape index (κ1) is 19.0. The van der Waals surface area contributed by atoms with Crippen molar-refractivity contribution >= 4 is 58.6 Å². The van der Waals surface area contributed by atoms with Crippen LogP contribution in [0.2, 0.25) is 5.02 Å². The van der Waals surface area contributed by atoms with E-state index in [1.807, 2.05) is 19.9 Å². The Kier molecular flexibility index (Phi) is 7.37. The summed E-state index contributed by atoms with van der Waals surface area (Å²) >= 11 is 7.69. The van der Waals surface area contributed by atoms with Crippen molar-refractivity contribution in [3.05, 3.63) is 38.8 Å². The van der Waals surface area contributed by atoms with Crippen LogP contribution in [0.5, 0.6) is 5.75 Å². The number of ether oxygens (including phenoxy) is 1. The Morgan fingerprint density at radius 1 is 1.45 bits per heavy atom. The number of hydrogen-bond donors (Lipinski definition) is 2. The largest absolute Gasteiger partial charge is 0.495 e. The molecule has 0 saturated carbocycles. The number of aryl methyl sites for hydroxylation is 2. The van der Waals surface area contributed by atoms with Crippen molar-refractivity contribution in [3.63, 3.8) is 0 Å². The highest BCUT2D eigenvalue weighted by Crippen LogP contribution is 2.27. The molecule has 1 aromatic heterocycles. The zero-order valence-electron chi connectivity index (χ0n) is 12.5. The van der Waals surface area contributed by atoms with Crippen molar-refractivity contribution in [1.29, 1.82) is 0 Å². The molecule has 0 aliphatic rings. The fourth-order valence-corrected chi connectivity index (χ4v) is 2.93. The number of nitrogens with zero attached hydrogens (tertiary/aromatic N) is 2. The van der Waals surface area contributed by atoms with Gasteiger partial charge >= 0.3 is 0 Å². The smallest absolute Gasteiger partial charge is 0.193 e. The lowest BCUT2D eigenvalue weighted by molar-refractivity contribution is 0.415. The van der Waals surface area contributed by atoms with Gasteiger partial charge < -0.3 is 15.8 Å². The van der Waals surface area contributed by atoms with Crippen LogP contribution in [0.15, 0.2) is 23.2 Å². The Hall–Kier alpha value is -1.06. The highest BCUT2D eigenvalue weighted by molar-refractivity contribution is 14.0. The average Bonchev–Trinajstić information content (AvgIpc) is 2.75. The van der Waals surface area contributed by atoms with E-state index < -0.39 is 0 Å². The number of aromatic nitrogens is 1. The molecule has 0 aliphatic carbocycles. The molecule has 120 valence electrons. The van der Waals surface area contributed by atoms with Crippen LogP contribution in [0, 0.1) is 13.8 Å². The number of aliphatic imine (C=N–C) groups is 1. The van der Waals surface area contributed by atoms with Gasteiger partial charge in [0.05, 0.1) is 29.4 Å². The number of rotatable bonds is 4. The van der Waals surface area contributed by atoms with Crippen molar-refractivity contribution < 1.29 is 4.74 Å². The predicted octanol–water partition coefficient (Wildman–Crippen LogP) is 3.97. The first-order chi connectivity index (χ1) is 9.99. The van der Waals surface area contributed by atoms with E-state index in [0.717, 1.165) is 21.3 Å². The Balaban J connectivity index is 0.00000242. The van der Waals surface area contributed by atoms with Crippen LogP contribution < -0.4 is 15.8 Å². The molecule has 0 spiro atoms. The monoisotopic (exact) mass is 452 g/mol. The third-order valence-electron chi connectivity index (χ3n) is 2.82. The van der Waals surface area contributed by atoms with Crippen LogP contribution >= 0.6 is 46.9 Å². The number of benzene rings is 1. The number of guanidine groups is 1. The molecule has 0 fully saturated rings. The molecular formula is C14H18ClIN4OS. The summed E-state index contributed by atoms with van der Waals surface area (Å²) in [5.41, 5.74) is 7.64.